The summed E-state index contributed by atoms with van der Waals surface area (Å²) in [7, 11) is 0. The van der Waals surface area contributed by atoms with E-state index in [0.717, 1.165) is 12.8 Å². The zero-order valence-electron chi connectivity index (χ0n) is 11.7. The van der Waals surface area contributed by atoms with E-state index >= 15 is 0 Å². The number of hydrogen-bond donors (Lipinski definition) is 0. The summed E-state index contributed by atoms with van der Waals surface area (Å²) in [5.41, 5.74) is 2.69. The van der Waals surface area contributed by atoms with Crippen LogP contribution in [0.15, 0.2) is 35.5 Å². The van der Waals surface area contributed by atoms with Crippen LogP contribution in [0.1, 0.15) is 40.5 Å². The summed E-state index contributed by atoms with van der Waals surface area (Å²) in [6.07, 6.45) is 16.5. The Morgan fingerprint density at radius 3 is 1.22 bits per heavy atom. The van der Waals surface area contributed by atoms with Crippen molar-refractivity contribution in [3.8, 4) is 0 Å². The van der Waals surface area contributed by atoms with E-state index in [1.165, 1.54) is 11.1 Å². The first kappa shape index (κ1) is 26.6. The summed E-state index contributed by atoms with van der Waals surface area (Å²) in [5, 5.41) is 0. The van der Waals surface area contributed by atoms with Crippen LogP contribution >= 0.6 is 0 Å². The molecule has 18 heavy (non-hydrogen) atoms. The van der Waals surface area contributed by atoms with Crippen molar-refractivity contribution in [2.75, 3.05) is 0 Å². The van der Waals surface area contributed by atoms with Gasteiger partial charge < -0.3 is 24.8 Å². The quantitative estimate of drug-likeness (QED) is 0.372. The van der Waals surface area contributed by atoms with Crippen LogP contribution in [-0.2, 0) is 20.0 Å². The van der Waals surface area contributed by atoms with Crippen LogP contribution in [0.3, 0.4) is 0 Å². The van der Waals surface area contributed by atoms with Gasteiger partial charge in [-0.15, -0.1) is 26.7 Å². The number of rotatable bonds is 0. The molecule has 0 aromatic carbocycles. The van der Waals surface area contributed by atoms with Gasteiger partial charge in [0.05, 0.1) is 0 Å². The fourth-order valence-electron chi connectivity index (χ4n) is 0.998. The van der Waals surface area contributed by atoms with Crippen molar-refractivity contribution in [1.29, 1.82) is 0 Å². The normalized spacial score (nSPS) is 13.0. The molecule has 0 fully saturated rings. The third-order valence-corrected chi connectivity index (χ3v) is 1.74. The Morgan fingerprint density at radius 1 is 0.889 bits per heavy atom. The molecular weight excluding hydrogens is 299 g/mol. The van der Waals surface area contributed by atoms with E-state index in [-0.39, 0.29) is 24.8 Å². The van der Waals surface area contributed by atoms with Gasteiger partial charge in [0.15, 0.2) is 0 Å². The molecule has 0 bridgehead atoms. The van der Waals surface area contributed by atoms with E-state index < -0.39 is 0 Å². The summed E-state index contributed by atoms with van der Waals surface area (Å²) in [5.74, 6) is 0. The molecule has 0 aromatic heterocycles. The van der Waals surface area contributed by atoms with Gasteiger partial charge in [-0.3, -0.25) is 12.2 Å². The molecule has 0 N–H and O–H groups in total. The second kappa shape index (κ2) is 22.3. The second-order valence-electron chi connectivity index (χ2n) is 3.00. The van der Waals surface area contributed by atoms with Crippen molar-refractivity contribution in [1.82, 2.24) is 0 Å². The van der Waals surface area contributed by atoms with Gasteiger partial charge in [0.25, 0.3) is 0 Å². The molecule has 0 unspecified atom stereocenters. The summed E-state index contributed by atoms with van der Waals surface area (Å²) in [6.45, 7) is 8.17. The summed E-state index contributed by atoms with van der Waals surface area (Å²) in [4.78, 5) is 3.25. The standard InChI is InChI=1S/2C6H7.C2H6.CH2.2ClH.Ti/c2*1-6-4-2-3-5-6;1-2;;;;/h2*4-5H,2H2,1H3;1-2H3;1H2;2*1H;/q2*-1;;;;;+2/p-2. The predicted molar refractivity (Wildman–Crippen MR) is 70.8 cm³/mol. The maximum Gasteiger partial charge on any atom is -1.00 e. The molecule has 0 radical (unpaired) electrons. The van der Waals surface area contributed by atoms with Gasteiger partial charge in [0.1, 0.15) is 0 Å². The first-order valence-corrected chi connectivity index (χ1v) is 6.71. The van der Waals surface area contributed by atoms with E-state index in [1.54, 1.807) is 20.0 Å². The summed E-state index contributed by atoms with van der Waals surface area (Å²) >= 11 is 1.75. The van der Waals surface area contributed by atoms with Crippen molar-refractivity contribution in [2.45, 2.75) is 40.5 Å². The molecule has 2 aliphatic rings. The van der Waals surface area contributed by atoms with E-state index in [2.05, 4.69) is 43.0 Å². The zero-order valence-corrected chi connectivity index (χ0v) is 14.8. The zero-order chi connectivity index (χ0) is 12.8. The first-order chi connectivity index (χ1) is 7.79. The number of allylic oxidation sites excluding steroid dienone is 8. The Balaban J connectivity index is -0.0000000787. The SMILES string of the molecule is CC.CC1=CC[C-]=C1.CC1=CC[C-]=C1.[CH2]=[Ti+2].[Cl-].[Cl-]. The molecule has 3 heteroatoms. The van der Waals surface area contributed by atoms with Crippen LogP contribution < -0.4 is 24.8 Å². The molecule has 0 spiro atoms. The van der Waals surface area contributed by atoms with Crippen LogP contribution in [-0.4, -0.2) is 4.82 Å². The predicted octanol–water partition coefficient (Wildman–Crippen LogP) is -1.61. The molecule has 0 saturated carbocycles. The van der Waals surface area contributed by atoms with Crippen molar-refractivity contribution in [3.05, 3.63) is 47.6 Å². The van der Waals surface area contributed by atoms with Crippen LogP contribution in [0.25, 0.3) is 0 Å². The molecule has 0 nitrogen and oxygen atoms in total. The topological polar surface area (TPSA) is 0 Å². The van der Waals surface area contributed by atoms with Crippen molar-refractivity contribution >= 4 is 4.82 Å². The van der Waals surface area contributed by atoms with E-state index in [4.69, 9.17) is 0 Å². The third kappa shape index (κ3) is 18.5. The van der Waals surface area contributed by atoms with Gasteiger partial charge in [-0.25, -0.2) is 23.3 Å². The smallest absolute Gasteiger partial charge is 1.00 e. The molecular formula is C15H22Cl2Ti-2. The van der Waals surface area contributed by atoms with Crippen molar-refractivity contribution in [3.63, 3.8) is 0 Å². The molecule has 0 atom stereocenters. The molecule has 2 rings (SSSR count). The minimum absolute atomic E-state index is 0. The fourth-order valence-corrected chi connectivity index (χ4v) is 0.998. The van der Waals surface area contributed by atoms with Crippen LogP contribution in [0.5, 0.6) is 0 Å². The van der Waals surface area contributed by atoms with E-state index in [9.17, 15) is 0 Å². The van der Waals surface area contributed by atoms with Gasteiger partial charge in [0.2, 0.25) is 0 Å². The molecule has 0 heterocycles. The molecule has 0 amide bonds. The minimum Gasteiger partial charge on any atom is -1.00 e. The van der Waals surface area contributed by atoms with Crippen LogP contribution in [0.4, 0.5) is 0 Å². The Morgan fingerprint density at radius 2 is 1.17 bits per heavy atom. The third-order valence-electron chi connectivity index (χ3n) is 1.74. The Bertz CT molecular complexity index is 243. The average Bonchev–Trinajstić information content (AvgIpc) is 2.98. The van der Waals surface area contributed by atoms with E-state index in [0.29, 0.717) is 0 Å². The number of halogens is 2. The maximum absolute atomic E-state index is 3.25. The fraction of sp³-hybridized carbons (Fsp3) is 0.400. The summed E-state index contributed by atoms with van der Waals surface area (Å²) < 4.78 is 0. The van der Waals surface area contributed by atoms with Crippen molar-refractivity contribution in [2.24, 2.45) is 0 Å². The summed E-state index contributed by atoms with van der Waals surface area (Å²) in [6, 6.07) is 0. The van der Waals surface area contributed by atoms with Gasteiger partial charge in [-0.1, -0.05) is 13.8 Å². The molecule has 0 aliphatic heterocycles. The minimum atomic E-state index is 0. The Hall–Kier alpha value is 0.124. The van der Waals surface area contributed by atoms with Gasteiger partial charge in [0, 0.05) is 0 Å². The average molecular weight is 321 g/mol. The molecule has 0 saturated heterocycles. The largest absolute Gasteiger partial charge is 1.00 e. The van der Waals surface area contributed by atoms with Crippen LogP contribution in [0, 0.1) is 12.2 Å². The molecule has 0 aromatic rings. The van der Waals surface area contributed by atoms with Gasteiger partial charge >= 0.3 is 24.8 Å². The monoisotopic (exact) mass is 320 g/mol. The molecule has 2 aliphatic carbocycles. The van der Waals surface area contributed by atoms with E-state index in [1.807, 2.05) is 26.0 Å². The Labute approximate surface area is 137 Å². The van der Waals surface area contributed by atoms with Gasteiger partial charge in [-0.05, 0) is 0 Å². The molecule has 102 valence electrons. The van der Waals surface area contributed by atoms with Crippen LogP contribution in [0.2, 0.25) is 0 Å². The Kier molecular flexibility index (Phi) is 33.0. The first-order valence-electron chi connectivity index (χ1n) is 5.61. The van der Waals surface area contributed by atoms with Gasteiger partial charge in [-0.2, -0.15) is 12.2 Å². The van der Waals surface area contributed by atoms with Crippen molar-refractivity contribution < 1.29 is 44.8 Å². The second-order valence-corrected chi connectivity index (χ2v) is 3.00. The maximum atomic E-state index is 3.25. The number of hydrogen-bond acceptors (Lipinski definition) is 0.